The molecule has 2 aromatic heterocycles. The van der Waals surface area contributed by atoms with Crippen LogP contribution >= 0.6 is 27.5 Å². The first-order chi connectivity index (χ1) is 16.6. The van der Waals surface area contributed by atoms with Crippen LogP contribution in [0.15, 0.2) is 28.9 Å². The molecule has 0 bridgehead atoms. The zero-order chi connectivity index (χ0) is 23.8. The van der Waals surface area contributed by atoms with Crippen molar-refractivity contribution in [3.05, 3.63) is 39.6 Å². The number of hydrogen-bond acceptors (Lipinski definition) is 6. The van der Waals surface area contributed by atoms with E-state index in [1.54, 1.807) is 13.3 Å². The Balaban J connectivity index is 1.39. The molecule has 4 rings (SSSR count). The molecule has 1 aliphatic heterocycles. The van der Waals surface area contributed by atoms with Gasteiger partial charge in [-0.3, -0.25) is 4.98 Å². The van der Waals surface area contributed by atoms with Crippen molar-refractivity contribution in [2.75, 3.05) is 45.3 Å². The van der Waals surface area contributed by atoms with Crippen molar-refractivity contribution in [3.8, 4) is 11.3 Å². The van der Waals surface area contributed by atoms with Crippen LogP contribution in [0.5, 0.6) is 0 Å². The highest BCUT2D eigenvalue weighted by Crippen LogP contribution is 2.34. The maximum absolute atomic E-state index is 6.60. The molecule has 0 radical (unpaired) electrons. The van der Waals surface area contributed by atoms with E-state index in [1.807, 2.05) is 12.1 Å². The first-order valence-corrected chi connectivity index (χ1v) is 13.6. The number of ether oxygens (including phenoxy) is 2. The lowest BCUT2D eigenvalue weighted by Gasteiger charge is -2.29. The number of halogens is 2. The molecule has 34 heavy (non-hydrogen) atoms. The van der Waals surface area contributed by atoms with Gasteiger partial charge in [0.1, 0.15) is 5.82 Å². The van der Waals surface area contributed by atoms with E-state index in [0.29, 0.717) is 22.9 Å². The third kappa shape index (κ3) is 7.37. The van der Waals surface area contributed by atoms with E-state index in [1.165, 1.54) is 25.7 Å². The third-order valence-electron chi connectivity index (χ3n) is 7.01. The van der Waals surface area contributed by atoms with Gasteiger partial charge in [-0.2, -0.15) is 0 Å². The zero-order valence-corrected chi connectivity index (χ0v) is 22.3. The van der Waals surface area contributed by atoms with E-state index < -0.39 is 0 Å². The van der Waals surface area contributed by atoms with Gasteiger partial charge in [0, 0.05) is 61.4 Å². The summed E-state index contributed by atoms with van der Waals surface area (Å²) >= 11 is 10.3. The Morgan fingerprint density at radius 3 is 2.68 bits per heavy atom. The predicted octanol–water partition coefficient (Wildman–Crippen LogP) is 5.74. The van der Waals surface area contributed by atoms with Crippen LogP contribution < -0.4 is 10.6 Å². The molecule has 1 saturated heterocycles. The van der Waals surface area contributed by atoms with E-state index in [-0.39, 0.29) is 0 Å². The summed E-state index contributed by atoms with van der Waals surface area (Å²) in [6, 6.07) is 6.79. The molecule has 0 atom stereocenters. The second-order valence-corrected chi connectivity index (χ2v) is 10.7. The van der Waals surface area contributed by atoms with Crippen molar-refractivity contribution < 1.29 is 9.47 Å². The largest absolute Gasteiger partial charge is 0.383 e. The van der Waals surface area contributed by atoms with Crippen LogP contribution in [0, 0.1) is 11.8 Å². The van der Waals surface area contributed by atoms with Crippen LogP contribution in [0.4, 0.5) is 5.82 Å². The quantitative estimate of drug-likeness (QED) is 0.367. The van der Waals surface area contributed by atoms with Crippen LogP contribution in [0.2, 0.25) is 5.02 Å². The van der Waals surface area contributed by atoms with Gasteiger partial charge in [0.15, 0.2) is 0 Å². The second kappa shape index (κ2) is 13.2. The van der Waals surface area contributed by atoms with Crippen molar-refractivity contribution in [2.24, 2.45) is 11.8 Å². The summed E-state index contributed by atoms with van der Waals surface area (Å²) in [5.74, 6) is 2.16. The number of nitrogens with zero attached hydrogens (tertiary/aromatic N) is 2. The minimum atomic E-state index is 0.608. The number of rotatable bonds is 10. The van der Waals surface area contributed by atoms with Gasteiger partial charge < -0.3 is 20.1 Å². The summed E-state index contributed by atoms with van der Waals surface area (Å²) < 4.78 is 11.6. The highest BCUT2D eigenvalue weighted by molar-refractivity contribution is 9.10. The molecule has 2 fully saturated rings. The van der Waals surface area contributed by atoms with Crippen LogP contribution in [0.3, 0.4) is 0 Å². The van der Waals surface area contributed by atoms with Crippen LogP contribution in [-0.4, -0.2) is 56.0 Å². The molecule has 0 amide bonds. The number of aromatic nitrogens is 2. The molecular formula is C26H36BrClN4O2. The molecule has 1 aliphatic carbocycles. The molecule has 8 heteroatoms. The molecule has 2 N–H and O–H groups in total. The van der Waals surface area contributed by atoms with Gasteiger partial charge in [-0.05, 0) is 90.9 Å². The van der Waals surface area contributed by atoms with E-state index in [9.17, 15) is 0 Å². The van der Waals surface area contributed by atoms with Gasteiger partial charge in [0.05, 0.1) is 17.3 Å². The topological polar surface area (TPSA) is 68.3 Å². The summed E-state index contributed by atoms with van der Waals surface area (Å²) in [7, 11) is 1.75. The summed E-state index contributed by atoms with van der Waals surface area (Å²) in [6.07, 6.45) is 9.82. The SMILES string of the molecule is COCCNC1CCC(Cc2cc(-c3nc(NCC4CCOCC4)ccc3Br)c(Cl)cn2)CC1. The van der Waals surface area contributed by atoms with E-state index in [4.69, 9.17) is 26.1 Å². The maximum Gasteiger partial charge on any atom is 0.126 e. The molecule has 0 aromatic carbocycles. The van der Waals surface area contributed by atoms with Gasteiger partial charge >= 0.3 is 0 Å². The average Bonchev–Trinajstić information content (AvgIpc) is 2.87. The van der Waals surface area contributed by atoms with Gasteiger partial charge in [0.2, 0.25) is 0 Å². The van der Waals surface area contributed by atoms with Crippen molar-refractivity contribution in [1.29, 1.82) is 0 Å². The summed E-state index contributed by atoms with van der Waals surface area (Å²) in [4.78, 5) is 9.55. The highest BCUT2D eigenvalue weighted by Gasteiger charge is 2.22. The molecule has 2 aliphatic rings. The standard InChI is InChI=1S/C26H36BrClN4O2/c1-33-13-10-29-20-4-2-18(3-5-20)14-21-15-22(24(28)17-30-21)26-23(27)6-7-25(32-26)31-16-19-8-11-34-12-9-19/h6-7,15,17-20,29H,2-5,8-14,16H2,1H3,(H,31,32). The summed E-state index contributed by atoms with van der Waals surface area (Å²) in [5, 5.41) is 7.75. The highest BCUT2D eigenvalue weighted by atomic mass is 79.9. The lowest BCUT2D eigenvalue weighted by molar-refractivity contribution is 0.0699. The third-order valence-corrected chi connectivity index (χ3v) is 7.95. The van der Waals surface area contributed by atoms with Gasteiger partial charge in [0.25, 0.3) is 0 Å². The molecule has 1 saturated carbocycles. The minimum Gasteiger partial charge on any atom is -0.383 e. The molecule has 2 aromatic rings. The van der Waals surface area contributed by atoms with Crippen LogP contribution in [0.25, 0.3) is 11.3 Å². The van der Waals surface area contributed by atoms with Crippen LogP contribution in [0.1, 0.15) is 44.2 Å². The summed E-state index contributed by atoms with van der Waals surface area (Å²) in [6.45, 7) is 4.32. The van der Waals surface area contributed by atoms with E-state index in [2.05, 4.69) is 37.6 Å². The van der Waals surface area contributed by atoms with Crippen molar-refractivity contribution in [1.82, 2.24) is 15.3 Å². The average molecular weight is 552 g/mol. The van der Waals surface area contributed by atoms with Crippen LogP contribution in [-0.2, 0) is 15.9 Å². The fourth-order valence-electron chi connectivity index (χ4n) is 4.94. The molecule has 0 unspecified atom stereocenters. The van der Waals surface area contributed by atoms with Crippen molar-refractivity contribution >= 4 is 33.3 Å². The normalized spacial score (nSPS) is 21.5. The fraction of sp³-hybridized carbons (Fsp3) is 0.615. The lowest BCUT2D eigenvalue weighted by Crippen LogP contribution is -2.35. The molecule has 186 valence electrons. The smallest absolute Gasteiger partial charge is 0.126 e. The maximum atomic E-state index is 6.60. The lowest BCUT2D eigenvalue weighted by atomic mass is 9.83. The molecular weight excluding hydrogens is 516 g/mol. The Bertz CT molecular complexity index is 918. The molecule has 0 spiro atoms. The Hall–Kier alpha value is -1.25. The number of hydrogen-bond donors (Lipinski definition) is 2. The number of nitrogens with one attached hydrogen (secondary N) is 2. The van der Waals surface area contributed by atoms with E-state index >= 15 is 0 Å². The monoisotopic (exact) mass is 550 g/mol. The first kappa shape index (κ1) is 25.8. The summed E-state index contributed by atoms with van der Waals surface area (Å²) in [5.41, 5.74) is 2.88. The Morgan fingerprint density at radius 2 is 1.91 bits per heavy atom. The van der Waals surface area contributed by atoms with E-state index in [0.717, 1.165) is 79.4 Å². The number of methoxy groups -OCH3 is 1. The zero-order valence-electron chi connectivity index (χ0n) is 20.0. The van der Waals surface area contributed by atoms with Crippen molar-refractivity contribution in [3.63, 3.8) is 0 Å². The second-order valence-electron chi connectivity index (χ2n) is 9.49. The number of pyridine rings is 2. The fourth-order valence-corrected chi connectivity index (χ4v) is 5.56. The molecule has 6 nitrogen and oxygen atoms in total. The Kier molecular flexibility index (Phi) is 10.0. The van der Waals surface area contributed by atoms with Crippen molar-refractivity contribution in [2.45, 2.75) is 51.0 Å². The minimum absolute atomic E-state index is 0.608. The number of anilines is 1. The van der Waals surface area contributed by atoms with Gasteiger partial charge in [-0.25, -0.2) is 4.98 Å². The Morgan fingerprint density at radius 1 is 1.12 bits per heavy atom. The first-order valence-electron chi connectivity index (χ1n) is 12.5. The predicted molar refractivity (Wildman–Crippen MR) is 142 cm³/mol. The molecule has 3 heterocycles. The van der Waals surface area contributed by atoms with Gasteiger partial charge in [-0.15, -0.1) is 0 Å². The van der Waals surface area contributed by atoms with Gasteiger partial charge in [-0.1, -0.05) is 11.6 Å². The Labute approximate surface area is 216 Å².